The Bertz CT molecular complexity index is 676. The lowest BCUT2D eigenvalue weighted by molar-refractivity contribution is -0.885. The van der Waals surface area contributed by atoms with Gasteiger partial charge in [-0.05, 0) is 37.4 Å². The van der Waals surface area contributed by atoms with E-state index in [2.05, 4.69) is 11.4 Å². The number of ether oxygens (including phenoxy) is 1. The summed E-state index contributed by atoms with van der Waals surface area (Å²) in [6.45, 7) is 3.77. The third-order valence-corrected chi connectivity index (χ3v) is 4.40. The van der Waals surface area contributed by atoms with Crippen LogP contribution in [0, 0.1) is 0 Å². The van der Waals surface area contributed by atoms with Gasteiger partial charge in [0, 0.05) is 10.5 Å². The van der Waals surface area contributed by atoms with Gasteiger partial charge in [0.1, 0.15) is 12.3 Å². The van der Waals surface area contributed by atoms with Gasteiger partial charge in [-0.1, -0.05) is 24.3 Å². The average Bonchev–Trinajstić information content (AvgIpc) is 2.57. The van der Waals surface area contributed by atoms with Gasteiger partial charge in [-0.25, -0.2) is 0 Å². The minimum Gasteiger partial charge on any atom is -0.493 e. The summed E-state index contributed by atoms with van der Waals surface area (Å²) in [5, 5.41) is 3.01. The van der Waals surface area contributed by atoms with E-state index in [1.165, 1.54) is 0 Å². The zero-order valence-electron chi connectivity index (χ0n) is 14.5. The monoisotopic (exact) mass is 345 g/mol. The fourth-order valence-corrected chi connectivity index (χ4v) is 3.10. The Kier molecular flexibility index (Phi) is 7.15. The first-order valence-corrected chi connectivity index (χ1v) is 9.31. The number of amides is 1. The molecule has 0 aromatic heterocycles. The molecule has 0 saturated heterocycles. The summed E-state index contributed by atoms with van der Waals surface area (Å²) in [5.41, 5.74) is 1.99. The number of quaternary nitrogens is 1. The molecule has 0 spiro atoms. The van der Waals surface area contributed by atoms with Crippen LogP contribution >= 0.6 is 11.8 Å². The Morgan fingerprint density at radius 1 is 1.17 bits per heavy atom. The first-order chi connectivity index (χ1) is 11.6. The van der Waals surface area contributed by atoms with E-state index >= 15 is 0 Å². The maximum Gasteiger partial charge on any atom is 0.279 e. The van der Waals surface area contributed by atoms with Crippen molar-refractivity contribution in [2.24, 2.45) is 0 Å². The number of carbonyl (C=O) groups excluding carboxylic acids is 1. The predicted molar refractivity (Wildman–Crippen MR) is 99.9 cm³/mol. The Morgan fingerprint density at radius 2 is 1.88 bits per heavy atom. The summed E-state index contributed by atoms with van der Waals surface area (Å²) in [5.74, 6) is 0.912. The van der Waals surface area contributed by atoms with Gasteiger partial charge >= 0.3 is 0 Å². The van der Waals surface area contributed by atoms with Gasteiger partial charge in [0.05, 0.1) is 19.3 Å². The van der Waals surface area contributed by atoms with Crippen LogP contribution in [0.15, 0.2) is 53.4 Å². The van der Waals surface area contributed by atoms with Gasteiger partial charge in [0.2, 0.25) is 0 Å². The molecule has 128 valence electrons. The Labute approximate surface area is 148 Å². The molecular formula is C19H25N2O2S+. The quantitative estimate of drug-likeness (QED) is 0.722. The van der Waals surface area contributed by atoms with Gasteiger partial charge in [0.25, 0.3) is 5.91 Å². The van der Waals surface area contributed by atoms with E-state index in [9.17, 15) is 4.79 Å². The fraction of sp³-hybridized carbons (Fsp3) is 0.316. The molecule has 1 unspecified atom stereocenters. The summed E-state index contributed by atoms with van der Waals surface area (Å²) in [6, 6.07) is 15.8. The molecule has 5 heteroatoms. The molecule has 2 rings (SSSR count). The van der Waals surface area contributed by atoms with Crippen LogP contribution in [0.1, 0.15) is 12.5 Å². The molecule has 4 nitrogen and oxygen atoms in total. The number of likely N-dealkylation sites (N-methyl/N-ethyl adjacent to an activating group) is 1. The third-order valence-electron chi connectivity index (χ3n) is 3.61. The fourth-order valence-electron chi connectivity index (χ4n) is 2.55. The van der Waals surface area contributed by atoms with Gasteiger partial charge in [0.15, 0.2) is 6.54 Å². The number of para-hydroxylation sites is 2. The number of carbonyl (C=O) groups is 1. The number of hydrogen-bond donors (Lipinski definition) is 2. The van der Waals surface area contributed by atoms with Crippen molar-refractivity contribution < 1.29 is 14.4 Å². The van der Waals surface area contributed by atoms with E-state index in [4.69, 9.17) is 4.74 Å². The van der Waals surface area contributed by atoms with Crippen LogP contribution in [-0.2, 0) is 11.3 Å². The van der Waals surface area contributed by atoms with Crippen molar-refractivity contribution in [3.8, 4) is 5.75 Å². The standard InChI is InChI=1S/C19H24N2O2S/c1-4-23-17-11-7-5-9-15(17)13-21(2)14-19(22)20-16-10-6-8-12-18(16)24-3/h5-12H,4,13-14H2,1-3H3,(H,20,22)/p+1. The molecule has 2 N–H and O–H groups in total. The predicted octanol–water partition coefficient (Wildman–Crippen LogP) is 2.46. The summed E-state index contributed by atoms with van der Waals surface area (Å²) >= 11 is 1.63. The molecule has 0 saturated carbocycles. The minimum atomic E-state index is 0.0166. The van der Waals surface area contributed by atoms with Crippen molar-refractivity contribution in [2.45, 2.75) is 18.4 Å². The highest BCUT2D eigenvalue weighted by Gasteiger charge is 2.14. The van der Waals surface area contributed by atoms with Crippen molar-refractivity contribution in [3.63, 3.8) is 0 Å². The van der Waals surface area contributed by atoms with Crippen LogP contribution in [0.4, 0.5) is 5.69 Å². The molecule has 0 radical (unpaired) electrons. The van der Waals surface area contributed by atoms with Crippen LogP contribution in [0.3, 0.4) is 0 Å². The molecule has 1 amide bonds. The second-order valence-electron chi connectivity index (χ2n) is 5.60. The lowest BCUT2D eigenvalue weighted by Gasteiger charge is -2.16. The zero-order chi connectivity index (χ0) is 17.4. The molecule has 0 aliphatic heterocycles. The van der Waals surface area contributed by atoms with Crippen molar-refractivity contribution in [1.82, 2.24) is 0 Å². The molecule has 0 bridgehead atoms. The number of benzene rings is 2. The number of hydrogen-bond acceptors (Lipinski definition) is 3. The smallest absolute Gasteiger partial charge is 0.279 e. The maximum absolute atomic E-state index is 12.3. The Balaban J connectivity index is 1.94. The van der Waals surface area contributed by atoms with E-state index in [-0.39, 0.29) is 5.91 Å². The van der Waals surface area contributed by atoms with Crippen LogP contribution in [0.2, 0.25) is 0 Å². The number of thioether (sulfide) groups is 1. The highest BCUT2D eigenvalue weighted by atomic mass is 32.2. The maximum atomic E-state index is 12.3. The molecule has 2 aromatic rings. The topological polar surface area (TPSA) is 42.8 Å². The van der Waals surface area contributed by atoms with Crippen molar-refractivity contribution >= 4 is 23.4 Å². The Morgan fingerprint density at radius 3 is 2.62 bits per heavy atom. The summed E-state index contributed by atoms with van der Waals surface area (Å²) in [7, 11) is 2.02. The molecule has 1 atom stereocenters. The second-order valence-corrected chi connectivity index (χ2v) is 6.45. The molecular weight excluding hydrogens is 320 g/mol. The molecule has 0 aliphatic rings. The summed E-state index contributed by atoms with van der Waals surface area (Å²) < 4.78 is 5.65. The molecule has 2 aromatic carbocycles. The largest absolute Gasteiger partial charge is 0.493 e. The number of nitrogens with one attached hydrogen (secondary N) is 2. The van der Waals surface area contributed by atoms with Crippen molar-refractivity contribution in [1.29, 1.82) is 0 Å². The Hall–Kier alpha value is -1.98. The van der Waals surface area contributed by atoms with Crippen LogP contribution in [0.25, 0.3) is 0 Å². The van der Waals surface area contributed by atoms with Gasteiger partial charge < -0.3 is 15.0 Å². The van der Waals surface area contributed by atoms with E-state index in [0.717, 1.165) is 33.3 Å². The molecule has 0 aliphatic carbocycles. The van der Waals surface area contributed by atoms with Gasteiger partial charge in [-0.15, -0.1) is 11.8 Å². The van der Waals surface area contributed by atoms with E-state index in [1.54, 1.807) is 11.8 Å². The lowest BCUT2D eigenvalue weighted by atomic mass is 10.2. The normalized spacial score (nSPS) is 11.8. The van der Waals surface area contributed by atoms with E-state index in [1.807, 2.05) is 62.7 Å². The second kappa shape index (κ2) is 9.35. The average molecular weight is 345 g/mol. The number of anilines is 1. The van der Waals surface area contributed by atoms with E-state index < -0.39 is 0 Å². The van der Waals surface area contributed by atoms with Crippen LogP contribution < -0.4 is 15.0 Å². The van der Waals surface area contributed by atoms with Crippen LogP contribution in [-0.4, -0.2) is 32.4 Å². The summed E-state index contributed by atoms with van der Waals surface area (Å²) in [4.78, 5) is 14.5. The highest BCUT2D eigenvalue weighted by molar-refractivity contribution is 7.98. The summed E-state index contributed by atoms with van der Waals surface area (Å²) in [6.07, 6.45) is 2.01. The third kappa shape index (κ3) is 5.28. The molecule has 24 heavy (non-hydrogen) atoms. The SMILES string of the molecule is CCOc1ccccc1C[NH+](C)CC(=O)Nc1ccccc1SC. The first-order valence-electron chi connectivity index (χ1n) is 8.09. The zero-order valence-corrected chi connectivity index (χ0v) is 15.3. The highest BCUT2D eigenvalue weighted by Crippen LogP contribution is 2.24. The number of rotatable bonds is 8. The van der Waals surface area contributed by atoms with Crippen molar-refractivity contribution in [3.05, 3.63) is 54.1 Å². The molecule has 0 heterocycles. The lowest BCUT2D eigenvalue weighted by Crippen LogP contribution is -3.08. The van der Waals surface area contributed by atoms with E-state index in [0.29, 0.717) is 13.2 Å². The first kappa shape index (κ1) is 18.4. The minimum absolute atomic E-state index is 0.0166. The van der Waals surface area contributed by atoms with Gasteiger partial charge in [-0.2, -0.15) is 0 Å². The molecule has 0 fully saturated rings. The van der Waals surface area contributed by atoms with Gasteiger partial charge in [-0.3, -0.25) is 4.79 Å². The van der Waals surface area contributed by atoms with Crippen molar-refractivity contribution in [2.75, 3.05) is 31.8 Å². The van der Waals surface area contributed by atoms with Crippen LogP contribution in [0.5, 0.6) is 5.75 Å².